The van der Waals surface area contributed by atoms with Gasteiger partial charge in [0, 0.05) is 19.0 Å². The Bertz CT molecular complexity index is 608. The molecule has 0 spiro atoms. The van der Waals surface area contributed by atoms with Crippen LogP contribution in [0.3, 0.4) is 0 Å². The maximum absolute atomic E-state index is 12.3. The number of fused-ring (bicyclic) bond motifs is 2. The summed E-state index contributed by atoms with van der Waals surface area (Å²) in [7, 11) is 0. The van der Waals surface area contributed by atoms with Crippen molar-refractivity contribution in [1.82, 2.24) is 10.6 Å². The Hall–Kier alpha value is -1.78. The molecule has 2 N–H and O–H groups in total. The Morgan fingerprint density at radius 3 is 2.71 bits per heavy atom. The van der Waals surface area contributed by atoms with E-state index in [0.717, 1.165) is 12.3 Å². The van der Waals surface area contributed by atoms with E-state index in [2.05, 4.69) is 31.4 Å². The minimum Gasteiger partial charge on any atom is -0.459 e. The average molecular weight is 332 g/mol. The van der Waals surface area contributed by atoms with Crippen LogP contribution in [-0.4, -0.2) is 24.4 Å². The third kappa shape index (κ3) is 2.85. The lowest BCUT2D eigenvalue weighted by Gasteiger charge is -2.39. The fourth-order valence-corrected chi connectivity index (χ4v) is 4.63. The number of furan rings is 1. The summed E-state index contributed by atoms with van der Waals surface area (Å²) < 4.78 is 5.03. The molecule has 1 aromatic heterocycles. The number of nitrogens with one attached hydrogen (secondary N) is 2. The van der Waals surface area contributed by atoms with Gasteiger partial charge >= 0.3 is 0 Å². The molecule has 2 amide bonds. The first-order valence-corrected chi connectivity index (χ1v) is 8.95. The van der Waals surface area contributed by atoms with E-state index in [9.17, 15) is 9.59 Å². The van der Waals surface area contributed by atoms with Crippen molar-refractivity contribution in [2.24, 2.45) is 16.7 Å². The second-order valence-electron chi connectivity index (χ2n) is 8.07. The zero-order valence-electron chi connectivity index (χ0n) is 14.9. The van der Waals surface area contributed by atoms with E-state index in [1.165, 1.54) is 19.1 Å². The summed E-state index contributed by atoms with van der Waals surface area (Å²) >= 11 is 0. The predicted molar refractivity (Wildman–Crippen MR) is 91.4 cm³/mol. The Morgan fingerprint density at radius 1 is 1.33 bits per heavy atom. The Labute approximate surface area is 143 Å². The van der Waals surface area contributed by atoms with Gasteiger partial charge in [0.15, 0.2) is 5.76 Å². The van der Waals surface area contributed by atoms with Crippen LogP contribution in [0.1, 0.15) is 63.4 Å². The van der Waals surface area contributed by atoms with Gasteiger partial charge in [-0.1, -0.05) is 20.8 Å². The van der Waals surface area contributed by atoms with Crippen LogP contribution in [-0.2, 0) is 4.79 Å². The predicted octanol–water partition coefficient (Wildman–Crippen LogP) is 3.12. The summed E-state index contributed by atoms with van der Waals surface area (Å²) in [6.07, 6.45) is 6.14. The normalized spacial score (nSPS) is 30.3. The largest absolute Gasteiger partial charge is 0.459 e. The number of carbonyl (C=O) groups is 2. The number of hydrogen-bond acceptors (Lipinski definition) is 3. The zero-order chi connectivity index (χ0) is 17.4. The molecule has 0 saturated heterocycles. The highest BCUT2D eigenvalue weighted by Crippen LogP contribution is 2.65. The molecular formula is C19H28N2O3. The van der Waals surface area contributed by atoms with Crippen molar-refractivity contribution >= 4 is 11.8 Å². The lowest BCUT2D eigenvalue weighted by atomic mass is 9.69. The molecule has 2 aliphatic carbocycles. The van der Waals surface area contributed by atoms with Gasteiger partial charge in [-0.05, 0) is 54.6 Å². The molecule has 132 valence electrons. The fourth-order valence-electron chi connectivity index (χ4n) is 4.63. The average Bonchev–Trinajstić information content (AvgIpc) is 3.18. The third-order valence-electron chi connectivity index (χ3n) is 6.74. The summed E-state index contributed by atoms with van der Waals surface area (Å²) in [6.45, 7) is 7.50. The molecular weight excluding hydrogens is 304 g/mol. The second kappa shape index (κ2) is 6.26. The van der Waals surface area contributed by atoms with Crippen molar-refractivity contribution in [2.45, 2.75) is 58.9 Å². The lowest BCUT2D eigenvalue weighted by Crippen LogP contribution is -2.46. The smallest absolute Gasteiger partial charge is 0.286 e. The summed E-state index contributed by atoms with van der Waals surface area (Å²) in [5.41, 5.74) is 0.517. The molecule has 24 heavy (non-hydrogen) atoms. The van der Waals surface area contributed by atoms with Crippen LogP contribution >= 0.6 is 0 Å². The highest BCUT2D eigenvalue weighted by molar-refractivity contribution is 5.91. The van der Waals surface area contributed by atoms with Crippen LogP contribution in [0.15, 0.2) is 22.8 Å². The number of hydrogen-bond donors (Lipinski definition) is 2. The van der Waals surface area contributed by atoms with E-state index in [-0.39, 0.29) is 23.3 Å². The molecule has 2 saturated carbocycles. The maximum atomic E-state index is 12.3. The molecule has 2 bridgehead atoms. The monoisotopic (exact) mass is 332 g/mol. The van der Waals surface area contributed by atoms with Gasteiger partial charge in [-0.25, -0.2) is 0 Å². The van der Waals surface area contributed by atoms with E-state index >= 15 is 0 Å². The van der Waals surface area contributed by atoms with Gasteiger partial charge in [-0.2, -0.15) is 0 Å². The summed E-state index contributed by atoms with van der Waals surface area (Å²) in [5, 5.41) is 6.02. The van der Waals surface area contributed by atoms with Crippen molar-refractivity contribution in [3.05, 3.63) is 24.2 Å². The van der Waals surface area contributed by atoms with E-state index in [1.807, 2.05) is 0 Å². The zero-order valence-corrected chi connectivity index (χ0v) is 14.9. The lowest BCUT2D eigenvalue weighted by molar-refractivity contribution is -0.122. The van der Waals surface area contributed by atoms with Crippen molar-refractivity contribution in [3.8, 4) is 0 Å². The van der Waals surface area contributed by atoms with Gasteiger partial charge in [-0.3, -0.25) is 9.59 Å². The van der Waals surface area contributed by atoms with Crippen LogP contribution in [0.25, 0.3) is 0 Å². The van der Waals surface area contributed by atoms with Crippen LogP contribution in [0.2, 0.25) is 0 Å². The summed E-state index contributed by atoms with van der Waals surface area (Å²) in [5.74, 6) is 0.886. The van der Waals surface area contributed by atoms with Crippen LogP contribution in [0.4, 0.5) is 0 Å². The molecule has 1 heterocycles. The SMILES string of the molecule is CC1(C)C2CCC1(C)C(NC(=O)CCCNC(=O)c1ccco1)C2. The van der Waals surface area contributed by atoms with Gasteiger partial charge in [0.2, 0.25) is 5.91 Å². The van der Waals surface area contributed by atoms with Gasteiger partial charge in [0.1, 0.15) is 0 Å². The molecule has 3 rings (SSSR count). The van der Waals surface area contributed by atoms with Crippen LogP contribution < -0.4 is 10.6 Å². The topological polar surface area (TPSA) is 71.3 Å². The van der Waals surface area contributed by atoms with Gasteiger partial charge in [0.05, 0.1) is 6.26 Å². The van der Waals surface area contributed by atoms with Crippen molar-refractivity contribution in [3.63, 3.8) is 0 Å². The minimum atomic E-state index is -0.234. The molecule has 3 unspecified atom stereocenters. The molecule has 0 radical (unpaired) electrons. The summed E-state index contributed by atoms with van der Waals surface area (Å²) in [4.78, 5) is 24.0. The van der Waals surface area contributed by atoms with Gasteiger partial charge in [0.25, 0.3) is 5.91 Å². The van der Waals surface area contributed by atoms with Crippen molar-refractivity contribution in [1.29, 1.82) is 0 Å². The summed E-state index contributed by atoms with van der Waals surface area (Å²) in [6, 6.07) is 3.59. The molecule has 5 heteroatoms. The molecule has 0 aliphatic heterocycles. The molecule has 2 aliphatic rings. The van der Waals surface area contributed by atoms with E-state index < -0.39 is 0 Å². The molecule has 3 atom stereocenters. The number of rotatable bonds is 6. The van der Waals surface area contributed by atoms with Crippen LogP contribution in [0, 0.1) is 16.7 Å². The quantitative estimate of drug-likeness (QED) is 0.786. The third-order valence-corrected chi connectivity index (χ3v) is 6.74. The van der Waals surface area contributed by atoms with E-state index in [0.29, 0.717) is 30.6 Å². The first-order valence-electron chi connectivity index (χ1n) is 8.95. The van der Waals surface area contributed by atoms with Crippen LogP contribution in [0.5, 0.6) is 0 Å². The first kappa shape index (κ1) is 17.1. The fraction of sp³-hybridized carbons (Fsp3) is 0.684. The highest BCUT2D eigenvalue weighted by atomic mass is 16.3. The Balaban J connectivity index is 1.40. The molecule has 5 nitrogen and oxygen atoms in total. The Kier molecular flexibility index (Phi) is 4.45. The van der Waals surface area contributed by atoms with E-state index in [1.54, 1.807) is 12.1 Å². The number of carbonyl (C=O) groups excluding carboxylic acids is 2. The highest BCUT2D eigenvalue weighted by Gasteiger charge is 2.61. The standard InChI is InChI=1S/C19H28N2O3/c1-18(2)13-8-9-19(18,3)15(12-13)21-16(22)7-4-10-20-17(23)14-6-5-11-24-14/h5-6,11,13,15H,4,7-10,12H2,1-3H3,(H,20,23)(H,21,22). The molecule has 0 aromatic carbocycles. The molecule has 1 aromatic rings. The van der Waals surface area contributed by atoms with E-state index in [4.69, 9.17) is 4.42 Å². The van der Waals surface area contributed by atoms with Gasteiger partial charge in [-0.15, -0.1) is 0 Å². The maximum Gasteiger partial charge on any atom is 0.286 e. The van der Waals surface area contributed by atoms with Crippen molar-refractivity contribution in [2.75, 3.05) is 6.54 Å². The number of amides is 2. The van der Waals surface area contributed by atoms with Gasteiger partial charge < -0.3 is 15.1 Å². The minimum absolute atomic E-state index is 0.0943. The first-order chi connectivity index (χ1) is 11.3. The van der Waals surface area contributed by atoms with Crippen molar-refractivity contribution < 1.29 is 14.0 Å². The second-order valence-corrected chi connectivity index (χ2v) is 8.07. The Morgan fingerprint density at radius 2 is 2.12 bits per heavy atom. The molecule has 2 fully saturated rings.